The van der Waals surface area contributed by atoms with Crippen LogP contribution in [0.4, 0.5) is 13.2 Å². The van der Waals surface area contributed by atoms with Crippen molar-refractivity contribution in [2.24, 2.45) is 23.2 Å². The van der Waals surface area contributed by atoms with Gasteiger partial charge in [0.1, 0.15) is 0 Å². The van der Waals surface area contributed by atoms with Crippen LogP contribution in [0, 0.1) is 23.2 Å². The van der Waals surface area contributed by atoms with Gasteiger partial charge in [0.05, 0.1) is 17.6 Å². The van der Waals surface area contributed by atoms with Gasteiger partial charge in [0, 0.05) is 5.92 Å². The lowest BCUT2D eigenvalue weighted by molar-refractivity contribution is -0.236. The molecule has 94 valence electrons. The van der Waals surface area contributed by atoms with Crippen LogP contribution < -0.4 is 0 Å². The predicted octanol–water partition coefficient (Wildman–Crippen LogP) is 3.63. The Labute approximate surface area is 94.4 Å². The molecule has 0 aromatic rings. The lowest BCUT2D eigenvalue weighted by Gasteiger charge is -2.40. The number of hydrogen-bond acceptors (Lipinski definition) is 1. The molecular formula is C12H19F3O. The van der Waals surface area contributed by atoms with Gasteiger partial charge in [-0.3, -0.25) is 0 Å². The number of rotatable bonds is 1. The van der Waals surface area contributed by atoms with Crippen LogP contribution in [0.5, 0.6) is 0 Å². The predicted molar refractivity (Wildman–Crippen MR) is 54.9 cm³/mol. The molecule has 2 fully saturated rings. The molecule has 2 rings (SSSR count). The molecule has 0 aliphatic carbocycles. The zero-order chi connectivity index (χ0) is 12.3. The fourth-order valence-corrected chi connectivity index (χ4v) is 3.12. The van der Waals surface area contributed by atoms with Crippen LogP contribution in [0.1, 0.15) is 34.1 Å². The quantitative estimate of drug-likeness (QED) is 0.675. The summed E-state index contributed by atoms with van der Waals surface area (Å²) in [5.41, 5.74) is -1.64. The van der Waals surface area contributed by atoms with E-state index in [1.807, 2.05) is 6.92 Å². The maximum atomic E-state index is 13.0. The molecule has 2 bridgehead atoms. The number of hydrogen-bond donors (Lipinski definition) is 0. The highest BCUT2D eigenvalue weighted by Crippen LogP contribution is 2.56. The van der Waals surface area contributed by atoms with Crippen molar-refractivity contribution in [1.82, 2.24) is 0 Å². The van der Waals surface area contributed by atoms with Crippen molar-refractivity contribution in [3.05, 3.63) is 0 Å². The van der Waals surface area contributed by atoms with E-state index in [1.165, 1.54) is 13.8 Å². The van der Waals surface area contributed by atoms with E-state index in [9.17, 15) is 13.2 Å². The van der Waals surface area contributed by atoms with E-state index in [2.05, 4.69) is 6.92 Å². The molecule has 4 heteroatoms. The van der Waals surface area contributed by atoms with Gasteiger partial charge in [-0.2, -0.15) is 13.2 Å². The van der Waals surface area contributed by atoms with Gasteiger partial charge in [0.15, 0.2) is 0 Å². The SMILES string of the molecule is CC1C2CC(C(C)(C)C(F)(F)F)C(O2)C1C. The summed E-state index contributed by atoms with van der Waals surface area (Å²) in [5, 5.41) is 0. The average Bonchev–Trinajstić information content (AvgIpc) is 2.66. The number of ether oxygens (including phenoxy) is 1. The third-order valence-corrected chi connectivity index (χ3v) is 4.81. The van der Waals surface area contributed by atoms with E-state index in [1.54, 1.807) is 0 Å². The van der Waals surface area contributed by atoms with Gasteiger partial charge in [0.2, 0.25) is 0 Å². The van der Waals surface area contributed by atoms with E-state index >= 15 is 0 Å². The van der Waals surface area contributed by atoms with Crippen molar-refractivity contribution in [1.29, 1.82) is 0 Å². The van der Waals surface area contributed by atoms with Crippen LogP contribution >= 0.6 is 0 Å². The number of alkyl halides is 3. The molecule has 2 aliphatic heterocycles. The van der Waals surface area contributed by atoms with Crippen LogP contribution in [-0.2, 0) is 4.74 Å². The Morgan fingerprint density at radius 3 is 2.00 bits per heavy atom. The van der Waals surface area contributed by atoms with Crippen LogP contribution in [0.2, 0.25) is 0 Å². The molecule has 2 aliphatic rings. The molecule has 2 saturated heterocycles. The van der Waals surface area contributed by atoms with Crippen molar-refractivity contribution >= 4 is 0 Å². The lowest BCUT2D eigenvalue weighted by atomic mass is 9.65. The molecule has 2 heterocycles. The molecule has 0 radical (unpaired) electrons. The Balaban J connectivity index is 2.21. The highest BCUT2D eigenvalue weighted by molar-refractivity contribution is 5.03. The first-order chi connectivity index (χ1) is 7.16. The zero-order valence-corrected chi connectivity index (χ0v) is 10.1. The molecule has 5 atom stereocenters. The summed E-state index contributed by atoms with van der Waals surface area (Å²) in [4.78, 5) is 0. The second kappa shape index (κ2) is 3.37. The minimum absolute atomic E-state index is 0.0339. The van der Waals surface area contributed by atoms with E-state index in [0.717, 1.165) is 0 Å². The molecule has 0 amide bonds. The third-order valence-electron chi connectivity index (χ3n) is 4.81. The van der Waals surface area contributed by atoms with E-state index in [0.29, 0.717) is 12.3 Å². The first-order valence-electron chi connectivity index (χ1n) is 5.88. The second-order valence-electron chi connectivity index (χ2n) is 5.92. The molecule has 0 N–H and O–H groups in total. The fraction of sp³-hybridized carbons (Fsp3) is 1.00. The Kier molecular flexibility index (Phi) is 2.58. The largest absolute Gasteiger partial charge is 0.394 e. The van der Waals surface area contributed by atoms with E-state index in [4.69, 9.17) is 4.74 Å². The van der Waals surface area contributed by atoms with Crippen molar-refractivity contribution < 1.29 is 17.9 Å². The van der Waals surface area contributed by atoms with E-state index < -0.39 is 11.6 Å². The van der Waals surface area contributed by atoms with Crippen molar-refractivity contribution in [3.8, 4) is 0 Å². The summed E-state index contributed by atoms with van der Waals surface area (Å²) in [6.45, 7) is 6.69. The minimum atomic E-state index is -4.14. The maximum Gasteiger partial charge on any atom is 0.394 e. The first kappa shape index (κ1) is 12.2. The second-order valence-corrected chi connectivity index (χ2v) is 5.92. The topological polar surface area (TPSA) is 9.23 Å². The van der Waals surface area contributed by atoms with Gasteiger partial charge in [0.25, 0.3) is 0 Å². The van der Waals surface area contributed by atoms with Crippen molar-refractivity contribution in [3.63, 3.8) is 0 Å². The van der Waals surface area contributed by atoms with Crippen molar-refractivity contribution in [2.75, 3.05) is 0 Å². The minimum Gasteiger partial charge on any atom is -0.374 e. The van der Waals surface area contributed by atoms with Crippen LogP contribution in [0.15, 0.2) is 0 Å². The molecular weight excluding hydrogens is 217 g/mol. The summed E-state index contributed by atoms with van der Waals surface area (Å²) in [6, 6.07) is 0. The number of halogens is 3. The van der Waals surface area contributed by atoms with Gasteiger partial charge in [-0.25, -0.2) is 0 Å². The highest BCUT2D eigenvalue weighted by atomic mass is 19.4. The number of fused-ring (bicyclic) bond motifs is 2. The van der Waals surface area contributed by atoms with Gasteiger partial charge in [-0.05, 0) is 18.3 Å². The molecule has 0 saturated carbocycles. The summed E-state index contributed by atoms with van der Waals surface area (Å²) in [7, 11) is 0. The van der Waals surface area contributed by atoms with Gasteiger partial charge >= 0.3 is 6.18 Å². The van der Waals surface area contributed by atoms with Crippen LogP contribution in [0.25, 0.3) is 0 Å². The highest BCUT2D eigenvalue weighted by Gasteiger charge is 2.61. The van der Waals surface area contributed by atoms with Crippen LogP contribution in [0.3, 0.4) is 0 Å². The first-order valence-corrected chi connectivity index (χ1v) is 5.88. The molecule has 0 aromatic heterocycles. The zero-order valence-electron chi connectivity index (χ0n) is 10.1. The average molecular weight is 236 g/mol. The molecule has 1 nitrogen and oxygen atoms in total. The molecule has 16 heavy (non-hydrogen) atoms. The lowest BCUT2D eigenvalue weighted by Crippen LogP contribution is -2.46. The summed E-state index contributed by atoms with van der Waals surface area (Å²) in [5.74, 6) is 0.249. The fourth-order valence-electron chi connectivity index (χ4n) is 3.12. The smallest absolute Gasteiger partial charge is 0.374 e. The normalized spacial score (nSPS) is 44.1. The Hall–Kier alpha value is -0.250. The molecule has 0 spiro atoms. The van der Waals surface area contributed by atoms with Gasteiger partial charge in [-0.1, -0.05) is 27.7 Å². The van der Waals surface area contributed by atoms with Crippen molar-refractivity contribution in [2.45, 2.75) is 52.5 Å². The van der Waals surface area contributed by atoms with Gasteiger partial charge < -0.3 is 4.74 Å². The summed E-state index contributed by atoms with van der Waals surface area (Å²) in [6.07, 6.45) is -3.76. The molecule has 5 unspecified atom stereocenters. The van der Waals surface area contributed by atoms with Crippen LogP contribution in [-0.4, -0.2) is 18.4 Å². The van der Waals surface area contributed by atoms with E-state index in [-0.39, 0.29) is 24.0 Å². The summed E-state index contributed by atoms with van der Waals surface area (Å²) < 4.78 is 44.6. The summed E-state index contributed by atoms with van der Waals surface area (Å²) >= 11 is 0. The Bertz CT molecular complexity index is 282. The monoisotopic (exact) mass is 236 g/mol. The third kappa shape index (κ3) is 1.49. The Morgan fingerprint density at radius 2 is 1.62 bits per heavy atom. The van der Waals surface area contributed by atoms with Gasteiger partial charge in [-0.15, -0.1) is 0 Å². The Morgan fingerprint density at radius 1 is 1.06 bits per heavy atom. The standard InChI is InChI=1S/C12H19F3O/c1-6-7(2)10-8(5-9(6)16-10)11(3,4)12(13,14)15/h6-10H,5H2,1-4H3. The molecule has 0 aromatic carbocycles. The maximum absolute atomic E-state index is 13.0.